The van der Waals surface area contributed by atoms with E-state index in [-0.39, 0.29) is 0 Å². The molecule has 2 aliphatic rings. The van der Waals surface area contributed by atoms with Crippen molar-refractivity contribution in [2.45, 2.75) is 18.6 Å². The van der Waals surface area contributed by atoms with Crippen LogP contribution in [0.5, 0.6) is 5.75 Å². The fourth-order valence-corrected chi connectivity index (χ4v) is 4.88. The number of halogens is 1. The Hall–Kier alpha value is -2.33. The minimum atomic E-state index is -0.543. The van der Waals surface area contributed by atoms with E-state index in [1.54, 1.807) is 0 Å². The first kappa shape index (κ1) is 18.7. The van der Waals surface area contributed by atoms with Gasteiger partial charge in [-0.1, -0.05) is 66.2 Å². The number of hydrogen-bond donors (Lipinski definition) is 1. The maximum atomic E-state index is 6.76. The second kappa shape index (κ2) is 7.17. The summed E-state index contributed by atoms with van der Waals surface area (Å²) in [6.45, 7) is 5.18. The molecule has 0 amide bonds. The Kier molecular flexibility index (Phi) is 4.62. The average molecular weight is 405 g/mol. The minimum Gasteiger partial charge on any atom is -0.477 e. The molecular weight excluding hydrogens is 380 g/mol. The summed E-state index contributed by atoms with van der Waals surface area (Å²) >= 11 is 6.52. The number of piperazine rings is 1. The summed E-state index contributed by atoms with van der Waals surface area (Å²) in [5.41, 5.74) is 3.01. The predicted octanol–water partition coefficient (Wildman–Crippen LogP) is 5.39. The number of fused-ring (bicyclic) bond motifs is 3. The summed E-state index contributed by atoms with van der Waals surface area (Å²) in [5, 5.41) is 6.37. The van der Waals surface area contributed by atoms with Crippen LogP contribution >= 0.6 is 11.6 Å². The van der Waals surface area contributed by atoms with Crippen molar-refractivity contribution in [1.29, 1.82) is 0 Å². The first-order valence-electron chi connectivity index (χ1n) is 10.2. The van der Waals surface area contributed by atoms with E-state index in [4.69, 9.17) is 16.3 Å². The second-order valence-electron chi connectivity index (χ2n) is 8.15. The number of rotatable bonds is 2. The van der Waals surface area contributed by atoms with Gasteiger partial charge in [0.15, 0.2) is 5.60 Å². The quantitative estimate of drug-likeness (QED) is 0.619. The number of ether oxygens (including phenoxy) is 1. The third kappa shape index (κ3) is 3.14. The molecule has 1 fully saturated rings. The van der Waals surface area contributed by atoms with Crippen molar-refractivity contribution < 1.29 is 4.74 Å². The molecule has 3 nitrogen and oxygen atoms in total. The molecule has 2 aliphatic heterocycles. The van der Waals surface area contributed by atoms with Gasteiger partial charge < -0.3 is 10.1 Å². The molecule has 2 heterocycles. The van der Waals surface area contributed by atoms with Crippen molar-refractivity contribution in [3.05, 3.63) is 82.4 Å². The van der Waals surface area contributed by atoms with Crippen molar-refractivity contribution >= 4 is 28.4 Å². The van der Waals surface area contributed by atoms with Crippen LogP contribution in [-0.2, 0) is 5.60 Å². The van der Waals surface area contributed by atoms with E-state index in [1.165, 1.54) is 11.1 Å². The van der Waals surface area contributed by atoms with Gasteiger partial charge in [0, 0.05) is 52.6 Å². The van der Waals surface area contributed by atoms with E-state index < -0.39 is 5.60 Å². The summed E-state index contributed by atoms with van der Waals surface area (Å²) in [5.74, 6) is 0.903. The van der Waals surface area contributed by atoms with Crippen molar-refractivity contribution in [1.82, 2.24) is 10.2 Å². The van der Waals surface area contributed by atoms with Gasteiger partial charge in [0.1, 0.15) is 5.75 Å². The molecule has 0 spiro atoms. The van der Waals surface area contributed by atoms with Crippen molar-refractivity contribution in [3.8, 4) is 5.75 Å². The van der Waals surface area contributed by atoms with Gasteiger partial charge in [0.2, 0.25) is 0 Å². The number of nitrogens with zero attached hydrogens (tertiary/aromatic N) is 1. The van der Waals surface area contributed by atoms with E-state index in [0.717, 1.165) is 46.7 Å². The van der Waals surface area contributed by atoms with Crippen LogP contribution in [0.3, 0.4) is 0 Å². The summed E-state index contributed by atoms with van der Waals surface area (Å²) in [6, 6.07) is 19.2. The minimum absolute atomic E-state index is 0.331. The van der Waals surface area contributed by atoms with Gasteiger partial charge in [-0.05, 0) is 31.7 Å². The maximum Gasteiger partial charge on any atom is 0.150 e. The Morgan fingerprint density at radius 3 is 2.69 bits per heavy atom. The molecule has 2 unspecified atom stereocenters. The predicted molar refractivity (Wildman–Crippen MR) is 121 cm³/mol. The van der Waals surface area contributed by atoms with Gasteiger partial charge in [0.05, 0.1) is 0 Å². The van der Waals surface area contributed by atoms with Crippen LogP contribution in [0.25, 0.3) is 16.8 Å². The average Bonchev–Trinajstić information content (AvgIpc) is 2.75. The molecule has 0 aromatic heterocycles. The molecule has 29 heavy (non-hydrogen) atoms. The molecule has 0 bridgehead atoms. The second-order valence-corrected chi connectivity index (χ2v) is 8.56. The standard InChI is InChI=1S/C25H25ClN2O/c1-25(21-10-6-5-9-20(21)23-16-27-13-14-28(23)2)12-11-17-15-22(26)18-7-3-4-8-19(18)24(17)29-25/h3-12,15,23,27H,13-14,16H2,1-2H3. The van der Waals surface area contributed by atoms with Crippen LogP contribution in [-0.4, -0.2) is 31.6 Å². The van der Waals surface area contributed by atoms with E-state index >= 15 is 0 Å². The number of likely N-dealkylation sites (N-methyl/N-ethyl adjacent to an activating group) is 1. The van der Waals surface area contributed by atoms with Gasteiger partial charge >= 0.3 is 0 Å². The van der Waals surface area contributed by atoms with Crippen LogP contribution in [0.15, 0.2) is 60.7 Å². The summed E-state index contributed by atoms with van der Waals surface area (Å²) in [7, 11) is 2.20. The lowest BCUT2D eigenvalue weighted by Crippen LogP contribution is -2.45. The zero-order chi connectivity index (χ0) is 20.0. The highest BCUT2D eigenvalue weighted by Gasteiger charge is 2.35. The number of benzene rings is 3. The Bertz CT molecular complexity index is 1110. The third-order valence-corrected chi connectivity index (χ3v) is 6.55. The van der Waals surface area contributed by atoms with Gasteiger partial charge in [-0.2, -0.15) is 0 Å². The van der Waals surface area contributed by atoms with Crippen LogP contribution in [0, 0.1) is 0 Å². The first-order valence-corrected chi connectivity index (χ1v) is 10.5. The van der Waals surface area contributed by atoms with E-state index in [1.807, 2.05) is 24.3 Å². The van der Waals surface area contributed by atoms with E-state index in [0.29, 0.717) is 6.04 Å². The molecule has 4 heteroatoms. The SMILES string of the molecule is CN1CCNCC1c1ccccc1C1(C)C=Cc2cc(Cl)c3ccccc3c2O1. The summed E-state index contributed by atoms with van der Waals surface area (Å²) < 4.78 is 6.76. The molecule has 2 atom stereocenters. The number of hydrogen-bond acceptors (Lipinski definition) is 3. The van der Waals surface area contributed by atoms with Gasteiger partial charge in [-0.25, -0.2) is 0 Å². The molecule has 0 saturated carbocycles. The molecule has 1 N–H and O–H groups in total. The molecule has 1 saturated heterocycles. The third-order valence-electron chi connectivity index (χ3n) is 6.23. The highest BCUT2D eigenvalue weighted by atomic mass is 35.5. The maximum absolute atomic E-state index is 6.76. The Balaban J connectivity index is 1.63. The highest BCUT2D eigenvalue weighted by Crippen LogP contribution is 2.45. The first-order chi connectivity index (χ1) is 14.1. The Morgan fingerprint density at radius 2 is 1.86 bits per heavy atom. The van der Waals surface area contributed by atoms with Gasteiger partial charge in [-0.15, -0.1) is 0 Å². The smallest absolute Gasteiger partial charge is 0.150 e. The topological polar surface area (TPSA) is 24.5 Å². The van der Waals surface area contributed by atoms with Crippen LogP contribution in [0.2, 0.25) is 5.02 Å². The van der Waals surface area contributed by atoms with Crippen LogP contribution in [0.4, 0.5) is 0 Å². The lowest BCUT2D eigenvalue weighted by Gasteiger charge is -2.39. The van der Waals surface area contributed by atoms with Crippen molar-refractivity contribution in [2.75, 3.05) is 26.7 Å². The van der Waals surface area contributed by atoms with Crippen LogP contribution < -0.4 is 10.1 Å². The zero-order valence-corrected chi connectivity index (χ0v) is 17.5. The van der Waals surface area contributed by atoms with E-state index in [2.05, 4.69) is 66.7 Å². The number of nitrogens with one attached hydrogen (secondary N) is 1. The molecule has 3 aromatic rings. The van der Waals surface area contributed by atoms with Gasteiger partial charge in [-0.3, -0.25) is 4.90 Å². The molecule has 148 valence electrons. The largest absolute Gasteiger partial charge is 0.477 e. The molecule has 3 aromatic carbocycles. The molecule has 0 aliphatic carbocycles. The van der Waals surface area contributed by atoms with E-state index in [9.17, 15) is 0 Å². The molecular formula is C25H25ClN2O. The lowest BCUT2D eigenvalue weighted by atomic mass is 9.85. The normalized spacial score (nSPS) is 24.3. The van der Waals surface area contributed by atoms with Gasteiger partial charge in [0.25, 0.3) is 0 Å². The Morgan fingerprint density at radius 1 is 1.10 bits per heavy atom. The summed E-state index contributed by atoms with van der Waals surface area (Å²) in [4.78, 5) is 2.42. The fourth-order valence-electron chi connectivity index (χ4n) is 4.59. The molecule has 5 rings (SSSR count). The fraction of sp³-hybridized carbons (Fsp3) is 0.280. The van der Waals surface area contributed by atoms with Crippen molar-refractivity contribution in [3.63, 3.8) is 0 Å². The Labute approximate surface area is 176 Å². The lowest BCUT2D eigenvalue weighted by molar-refractivity contribution is 0.134. The molecule has 0 radical (unpaired) electrons. The monoisotopic (exact) mass is 404 g/mol. The van der Waals surface area contributed by atoms with Crippen LogP contribution in [0.1, 0.15) is 29.7 Å². The highest BCUT2D eigenvalue weighted by molar-refractivity contribution is 6.36. The zero-order valence-electron chi connectivity index (χ0n) is 16.8. The summed E-state index contributed by atoms with van der Waals surface area (Å²) in [6.07, 6.45) is 4.31. The van der Waals surface area contributed by atoms with Crippen molar-refractivity contribution in [2.24, 2.45) is 0 Å².